The quantitative estimate of drug-likeness (QED) is 0.881. The molecule has 1 aliphatic heterocycles. The van der Waals surface area contributed by atoms with E-state index in [1.165, 1.54) is 7.11 Å². The Balaban J connectivity index is 2.43. The minimum atomic E-state index is -0.853. The molecule has 0 amide bonds. The molecule has 0 bridgehead atoms. The summed E-state index contributed by atoms with van der Waals surface area (Å²) in [5, 5.41) is 9.53. The molecule has 2 rings (SSSR count). The van der Waals surface area contributed by atoms with Crippen LogP contribution in [-0.2, 0) is 4.79 Å². The highest BCUT2D eigenvalue weighted by Crippen LogP contribution is 2.38. The molecule has 0 radical (unpaired) electrons. The number of aliphatic carboxylic acids is 1. The highest BCUT2D eigenvalue weighted by molar-refractivity contribution is 5.77. The minimum Gasteiger partial charge on any atom is -0.493 e. The highest BCUT2D eigenvalue weighted by Gasteiger charge is 2.32. The van der Waals surface area contributed by atoms with Crippen LogP contribution in [0.2, 0.25) is 0 Å². The molecule has 0 aliphatic carbocycles. The van der Waals surface area contributed by atoms with Crippen molar-refractivity contribution in [1.82, 2.24) is 4.90 Å². The number of hydrogen-bond donors (Lipinski definition) is 1. The van der Waals surface area contributed by atoms with Crippen LogP contribution in [0.4, 0.5) is 0 Å². The van der Waals surface area contributed by atoms with Crippen molar-refractivity contribution < 1.29 is 19.4 Å². The van der Waals surface area contributed by atoms with Gasteiger partial charge in [0.25, 0.3) is 0 Å². The Hall–Kier alpha value is -1.75. The van der Waals surface area contributed by atoms with Crippen molar-refractivity contribution in [2.24, 2.45) is 0 Å². The second kappa shape index (κ2) is 5.93. The van der Waals surface area contributed by atoms with Crippen LogP contribution in [0.25, 0.3) is 0 Å². The topological polar surface area (TPSA) is 59.0 Å². The molecule has 0 spiro atoms. The standard InChI is InChI=1S/C14H19NO4/c1-18-11-7-5-6-10(13(11)19-2)12(14(16)17)15-8-3-4-9-15/h5-7,12H,3-4,8-9H2,1-2H3,(H,16,17). The van der Waals surface area contributed by atoms with Gasteiger partial charge in [-0.3, -0.25) is 9.69 Å². The Morgan fingerprint density at radius 2 is 1.95 bits per heavy atom. The summed E-state index contributed by atoms with van der Waals surface area (Å²) in [6.45, 7) is 1.61. The van der Waals surface area contributed by atoms with Crippen molar-refractivity contribution in [3.63, 3.8) is 0 Å². The number of nitrogens with zero attached hydrogens (tertiary/aromatic N) is 1. The lowest BCUT2D eigenvalue weighted by molar-refractivity contribution is -0.143. The fourth-order valence-corrected chi connectivity index (χ4v) is 2.61. The van der Waals surface area contributed by atoms with Crippen molar-refractivity contribution in [3.05, 3.63) is 23.8 Å². The molecule has 1 saturated heterocycles. The maximum Gasteiger partial charge on any atom is 0.325 e. The Bertz CT molecular complexity index is 455. The first-order chi connectivity index (χ1) is 9.19. The third kappa shape index (κ3) is 2.66. The summed E-state index contributed by atoms with van der Waals surface area (Å²) < 4.78 is 10.6. The van der Waals surface area contributed by atoms with Crippen molar-refractivity contribution in [3.8, 4) is 11.5 Å². The van der Waals surface area contributed by atoms with E-state index in [4.69, 9.17) is 9.47 Å². The number of rotatable bonds is 5. The summed E-state index contributed by atoms with van der Waals surface area (Å²) in [4.78, 5) is 13.6. The lowest BCUT2D eigenvalue weighted by Crippen LogP contribution is -2.32. The van der Waals surface area contributed by atoms with E-state index in [-0.39, 0.29) is 0 Å². The van der Waals surface area contributed by atoms with Crippen LogP contribution in [0.1, 0.15) is 24.4 Å². The van der Waals surface area contributed by atoms with Crippen molar-refractivity contribution in [2.75, 3.05) is 27.3 Å². The zero-order valence-electron chi connectivity index (χ0n) is 11.3. The van der Waals surface area contributed by atoms with Crippen LogP contribution in [-0.4, -0.2) is 43.3 Å². The van der Waals surface area contributed by atoms with Gasteiger partial charge in [-0.15, -0.1) is 0 Å². The molecule has 104 valence electrons. The molecule has 1 aromatic carbocycles. The first kappa shape index (κ1) is 13.7. The number of ether oxygens (including phenoxy) is 2. The number of para-hydroxylation sites is 1. The number of carbonyl (C=O) groups is 1. The third-order valence-electron chi connectivity index (χ3n) is 3.47. The fraction of sp³-hybridized carbons (Fsp3) is 0.500. The van der Waals surface area contributed by atoms with Crippen molar-refractivity contribution in [1.29, 1.82) is 0 Å². The van der Waals surface area contributed by atoms with Gasteiger partial charge in [-0.05, 0) is 32.0 Å². The number of carboxylic acid groups (broad SMARTS) is 1. The van der Waals surface area contributed by atoms with E-state index >= 15 is 0 Å². The Labute approximate surface area is 112 Å². The smallest absolute Gasteiger partial charge is 0.325 e. The average molecular weight is 265 g/mol. The van der Waals surface area contributed by atoms with Gasteiger partial charge in [0, 0.05) is 5.56 Å². The minimum absolute atomic E-state index is 0.504. The Kier molecular flexibility index (Phi) is 4.27. The lowest BCUT2D eigenvalue weighted by atomic mass is 10.0. The molecule has 0 saturated carbocycles. The Morgan fingerprint density at radius 1 is 1.26 bits per heavy atom. The van der Waals surface area contributed by atoms with E-state index in [1.807, 2.05) is 4.90 Å². The third-order valence-corrected chi connectivity index (χ3v) is 3.47. The number of benzene rings is 1. The van der Waals surface area contributed by atoms with Gasteiger partial charge >= 0.3 is 5.97 Å². The van der Waals surface area contributed by atoms with Crippen LogP contribution >= 0.6 is 0 Å². The Morgan fingerprint density at radius 3 is 2.47 bits per heavy atom. The van der Waals surface area contributed by atoms with Crippen LogP contribution < -0.4 is 9.47 Å². The molecule has 1 N–H and O–H groups in total. The molecular weight excluding hydrogens is 246 g/mol. The number of carboxylic acids is 1. The van der Waals surface area contributed by atoms with Gasteiger partial charge < -0.3 is 14.6 Å². The van der Waals surface area contributed by atoms with Gasteiger partial charge in [-0.2, -0.15) is 0 Å². The SMILES string of the molecule is COc1cccc(C(C(=O)O)N2CCCC2)c1OC. The molecule has 5 heteroatoms. The van der Waals surface area contributed by atoms with Gasteiger partial charge in [-0.25, -0.2) is 0 Å². The number of likely N-dealkylation sites (tertiary alicyclic amines) is 1. The molecular formula is C14H19NO4. The number of methoxy groups -OCH3 is 2. The van der Waals surface area contributed by atoms with Gasteiger partial charge in [0.15, 0.2) is 11.5 Å². The molecule has 1 fully saturated rings. The predicted octanol–water partition coefficient (Wildman–Crippen LogP) is 1.93. The molecule has 19 heavy (non-hydrogen) atoms. The summed E-state index contributed by atoms with van der Waals surface area (Å²) in [5.74, 6) is 0.211. The van der Waals surface area contributed by atoms with Gasteiger partial charge in [-0.1, -0.05) is 12.1 Å². The second-order valence-corrected chi connectivity index (χ2v) is 4.57. The average Bonchev–Trinajstić information content (AvgIpc) is 2.92. The summed E-state index contributed by atoms with van der Waals surface area (Å²) in [7, 11) is 3.08. The van der Waals surface area contributed by atoms with Crippen LogP contribution in [0, 0.1) is 0 Å². The summed E-state index contributed by atoms with van der Waals surface area (Å²) in [6, 6.07) is 4.68. The van der Waals surface area contributed by atoms with E-state index in [9.17, 15) is 9.90 Å². The van der Waals surface area contributed by atoms with Crippen LogP contribution in [0.3, 0.4) is 0 Å². The fourth-order valence-electron chi connectivity index (χ4n) is 2.61. The molecule has 0 aromatic heterocycles. The highest BCUT2D eigenvalue weighted by atomic mass is 16.5. The molecule has 1 atom stereocenters. The molecule has 5 nitrogen and oxygen atoms in total. The molecule has 1 aromatic rings. The zero-order valence-corrected chi connectivity index (χ0v) is 11.3. The largest absolute Gasteiger partial charge is 0.493 e. The summed E-state index contributed by atoms with van der Waals surface area (Å²) in [5.41, 5.74) is 0.649. The number of hydrogen-bond acceptors (Lipinski definition) is 4. The van der Waals surface area contributed by atoms with Gasteiger partial charge in [0.2, 0.25) is 0 Å². The molecule has 1 aliphatic rings. The normalized spacial score (nSPS) is 17.2. The summed E-state index contributed by atoms with van der Waals surface area (Å²) in [6.07, 6.45) is 2.08. The van der Waals surface area contributed by atoms with Gasteiger partial charge in [0.1, 0.15) is 6.04 Å². The molecule has 1 heterocycles. The van der Waals surface area contributed by atoms with Crippen molar-refractivity contribution >= 4 is 5.97 Å². The van der Waals surface area contributed by atoms with Crippen LogP contribution in [0.5, 0.6) is 11.5 Å². The second-order valence-electron chi connectivity index (χ2n) is 4.57. The maximum atomic E-state index is 11.6. The van der Waals surface area contributed by atoms with E-state index in [0.717, 1.165) is 25.9 Å². The zero-order chi connectivity index (χ0) is 13.8. The summed E-state index contributed by atoms with van der Waals surface area (Å²) >= 11 is 0. The van der Waals surface area contributed by atoms with Crippen LogP contribution in [0.15, 0.2) is 18.2 Å². The van der Waals surface area contributed by atoms with Gasteiger partial charge in [0.05, 0.1) is 14.2 Å². The van der Waals surface area contributed by atoms with E-state index in [1.54, 1.807) is 25.3 Å². The van der Waals surface area contributed by atoms with Crippen molar-refractivity contribution in [2.45, 2.75) is 18.9 Å². The van der Waals surface area contributed by atoms with E-state index in [2.05, 4.69) is 0 Å². The predicted molar refractivity (Wildman–Crippen MR) is 70.7 cm³/mol. The van der Waals surface area contributed by atoms with E-state index < -0.39 is 12.0 Å². The molecule has 1 unspecified atom stereocenters. The lowest BCUT2D eigenvalue weighted by Gasteiger charge is -2.26. The first-order valence-electron chi connectivity index (χ1n) is 6.36. The van der Waals surface area contributed by atoms with E-state index in [0.29, 0.717) is 17.1 Å². The first-order valence-corrected chi connectivity index (χ1v) is 6.36. The maximum absolute atomic E-state index is 11.6. The monoisotopic (exact) mass is 265 g/mol.